The number of nitrogens with zero attached hydrogens (tertiary/aromatic N) is 3. The molecule has 1 aromatic heterocycles. The Bertz CT molecular complexity index is 1020. The van der Waals surface area contributed by atoms with Crippen LogP contribution < -0.4 is 15.7 Å². The molecule has 182 valence electrons. The van der Waals surface area contributed by atoms with Gasteiger partial charge in [-0.05, 0) is 45.1 Å². The first-order valence-electron chi connectivity index (χ1n) is 12.2. The summed E-state index contributed by atoms with van der Waals surface area (Å²) in [6.07, 6.45) is 7.85. The Hall–Kier alpha value is -2.64. The first-order valence-corrected chi connectivity index (χ1v) is 12.2. The molecule has 1 fully saturated rings. The van der Waals surface area contributed by atoms with Gasteiger partial charge in [-0.15, -0.1) is 5.10 Å². The molecule has 0 spiro atoms. The van der Waals surface area contributed by atoms with Crippen LogP contribution >= 0.6 is 0 Å². The highest BCUT2D eigenvalue weighted by Gasteiger charge is 2.26. The van der Waals surface area contributed by atoms with Crippen LogP contribution in [-0.2, 0) is 13.5 Å². The maximum atomic E-state index is 15.2. The average molecular weight is 461 g/mol. The minimum Gasteiger partial charge on any atom is -0.490 e. The first kappa shape index (κ1) is 25.0. The fourth-order valence-corrected chi connectivity index (χ4v) is 4.64. The quantitative estimate of drug-likeness (QED) is 0.596. The predicted octanol–water partition coefficient (Wildman–Crippen LogP) is 4.54. The number of amides is 1. The summed E-state index contributed by atoms with van der Waals surface area (Å²) in [5.41, 5.74) is -0.325. The third-order valence-electron chi connectivity index (χ3n) is 6.65. The van der Waals surface area contributed by atoms with E-state index in [9.17, 15) is 9.59 Å². The second kappa shape index (κ2) is 11.0. The third kappa shape index (κ3) is 5.65. The fraction of sp³-hybridized carbons (Fsp3) is 0.640. The average Bonchev–Trinajstić information content (AvgIpc) is 3.09. The van der Waals surface area contributed by atoms with E-state index in [0.29, 0.717) is 18.2 Å². The molecule has 1 aromatic carbocycles. The van der Waals surface area contributed by atoms with Crippen LogP contribution in [0.2, 0.25) is 0 Å². The molecule has 2 aromatic rings. The van der Waals surface area contributed by atoms with Gasteiger partial charge in [0.25, 0.3) is 5.91 Å². The van der Waals surface area contributed by atoms with Crippen molar-refractivity contribution in [3.63, 3.8) is 0 Å². The lowest BCUT2D eigenvalue weighted by atomic mass is 9.84. The molecule has 2 unspecified atom stereocenters. The van der Waals surface area contributed by atoms with Gasteiger partial charge in [0.1, 0.15) is 23.1 Å². The predicted molar refractivity (Wildman–Crippen MR) is 127 cm³/mol. The van der Waals surface area contributed by atoms with Crippen molar-refractivity contribution in [1.29, 1.82) is 0 Å². The molecule has 0 bridgehead atoms. The summed E-state index contributed by atoms with van der Waals surface area (Å²) in [4.78, 5) is 25.8. The number of carbonyl (C=O) groups excluding carboxylic acids is 1. The number of rotatable bonds is 9. The molecule has 1 amide bonds. The smallest absolute Gasteiger partial charge is 0.350 e. The van der Waals surface area contributed by atoms with E-state index in [1.807, 2.05) is 20.8 Å². The molecule has 0 radical (unpaired) electrons. The summed E-state index contributed by atoms with van der Waals surface area (Å²) in [6, 6.07) is 2.58. The van der Waals surface area contributed by atoms with Gasteiger partial charge in [-0.3, -0.25) is 9.36 Å². The van der Waals surface area contributed by atoms with Crippen LogP contribution in [0, 0.1) is 11.7 Å². The number of hydrogen-bond acceptors (Lipinski definition) is 4. The van der Waals surface area contributed by atoms with Gasteiger partial charge in [0.15, 0.2) is 0 Å². The first-order chi connectivity index (χ1) is 15.8. The SMILES string of the molecule is CCCC(C)Oc1cc(-n2nc(CC)n(C)c2=O)c(F)cc1C(=O)NC(C)C1CCCCC1. The highest BCUT2D eigenvalue weighted by Crippen LogP contribution is 2.29. The van der Waals surface area contributed by atoms with E-state index in [2.05, 4.69) is 17.3 Å². The van der Waals surface area contributed by atoms with Crippen molar-refractivity contribution in [3.05, 3.63) is 39.8 Å². The molecule has 1 aliphatic carbocycles. The molecule has 3 rings (SSSR count). The van der Waals surface area contributed by atoms with Gasteiger partial charge in [-0.25, -0.2) is 9.18 Å². The Kier molecular flexibility index (Phi) is 8.32. The number of benzene rings is 1. The molecule has 0 saturated heterocycles. The topological polar surface area (TPSA) is 78.2 Å². The molecular formula is C25H37FN4O3. The van der Waals surface area contributed by atoms with Crippen molar-refractivity contribution >= 4 is 5.91 Å². The highest BCUT2D eigenvalue weighted by molar-refractivity contribution is 5.97. The molecule has 1 N–H and O–H groups in total. The summed E-state index contributed by atoms with van der Waals surface area (Å²) in [7, 11) is 1.61. The van der Waals surface area contributed by atoms with E-state index in [0.717, 1.165) is 30.4 Å². The molecule has 33 heavy (non-hydrogen) atoms. The Labute approximate surface area is 195 Å². The van der Waals surface area contributed by atoms with E-state index in [-0.39, 0.29) is 35.1 Å². The molecule has 1 saturated carbocycles. The number of hydrogen-bond donors (Lipinski definition) is 1. The minimum atomic E-state index is -0.691. The third-order valence-corrected chi connectivity index (χ3v) is 6.65. The van der Waals surface area contributed by atoms with Crippen LogP contribution in [-0.4, -0.2) is 32.4 Å². The van der Waals surface area contributed by atoms with Gasteiger partial charge in [0.05, 0.1) is 11.7 Å². The molecule has 2 atom stereocenters. The summed E-state index contributed by atoms with van der Waals surface area (Å²) >= 11 is 0. The van der Waals surface area contributed by atoms with E-state index < -0.39 is 11.5 Å². The van der Waals surface area contributed by atoms with Crippen LogP contribution in [0.25, 0.3) is 5.69 Å². The minimum absolute atomic E-state index is 0.00743. The number of nitrogens with one attached hydrogen (secondary N) is 1. The summed E-state index contributed by atoms with van der Waals surface area (Å²) < 4.78 is 23.7. The Morgan fingerprint density at radius 2 is 1.94 bits per heavy atom. The van der Waals surface area contributed by atoms with Crippen LogP contribution in [0.3, 0.4) is 0 Å². The van der Waals surface area contributed by atoms with Crippen molar-refractivity contribution in [2.24, 2.45) is 13.0 Å². The maximum absolute atomic E-state index is 15.2. The lowest BCUT2D eigenvalue weighted by Gasteiger charge is -2.28. The molecule has 8 heteroatoms. The maximum Gasteiger partial charge on any atom is 0.350 e. The standard InChI is InChI=1S/C25H37FN4O3/c1-6-11-16(3)33-22-15-21(30-25(32)29(5)23(7-2)28-30)20(26)14-19(22)24(31)27-17(4)18-12-9-8-10-13-18/h14-18H,6-13H2,1-5H3,(H,27,31). The Balaban J connectivity index is 1.97. The van der Waals surface area contributed by atoms with E-state index in [4.69, 9.17) is 4.74 Å². The highest BCUT2D eigenvalue weighted by atomic mass is 19.1. The van der Waals surface area contributed by atoms with Gasteiger partial charge in [-0.2, -0.15) is 4.68 Å². The van der Waals surface area contributed by atoms with Crippen molar-refractivity contribution < 1.29 is 13.9 Å². The molecule has 7 nitrogen and oxygen atoms in total. The molecule has 1 heterocycles. The van der Waals surface area contributed by atoms with Gasteiger partial charge < -0.3 is 10.1 Å². The summed E-state index contributed by atoms with van der Waals surface area (Å²) in [5.74, 6) is 0.180. The normalized spacial score (nSPS) is 16.4. The Morgan fingerprint density at radius 1 is 1.24 bits per heavy atom. The summed E-state index contributed by atoms with van der Waals surface area (Å²) in [6.45, 7) is 7.86. The lowest BCUT2D eigenvalue weighted by molar-refractivity contribution is 0.0911. The van der Waals surface area contributed by atoms with Gasteiger partial charge >= 0.3 is 5.69 Å². The van der Waals surface area contributed by atoms with Crippen molar-refractivity contribution in [2.75, 3.05) is 0 Å². The molecule has 1 aliphatic rings. The second-order valence-electron chi connectivity index (χ2n) is 9.20. The zero-order chi connectivity index (χ0) is 24.1. The van der Waals surface area contributed by atoms with Crippen molar-refractivity contribution in [2.45, 2.75) is 91.2 Å². The zero-order valence-corrected chi connectivity index (χ0v) is 20.5. The van der Waals surface area contributed by atoms with Crippen LogP contribution in [0.1, 0.15) is 88.8 Å². The monoisotopic (exact) mass is 460 g/mol. The van der Waals surface area contributed by atoms with E-state index in [1.54, 1.807) is 7.05 Å². The van der Waals surface area contributed by atoms with Gasteiger partial charge in [0, 0.05) is 25.6 Å². The molecule has 0 aliphatic heterocycles. The fourth-order valence-electron chi connectivity index (χ4n) is 4.64. The lowest BCUT2D eigenvalue weighted by Crippen LogP contribution is -2.39. The van der Waals surface area contributed by atoms with Crippen molar-refractivity contribution in [3.8, 4) is 11.4 Å². The van der Waals surface area contributed by atoms with Gasteiger partial charge in [0.2, 0.25) is 0 Å². The van der Waals surface area contributed by atoms with Crippen LogP contribution in [0.5, 0.6) is 5.75 Å². The summed E-state index contributed by atoms with van der Waals surface area (Å²) in [5, 5.41) is 7.33. The van der Waals surface area contributed by atoms with E-state index in [1.165, 1.54) is 36.0 Å². The van der Waals surface area contributed by atoms with E-state index >= 15 is 4.39 Å². The molecular weight excluding hydrogens is 423 g/mol. The van der Waals surface area contributed by atoms with Crippen LogP contribution in [0.4, 0.5) is 4.39 Å². The second-order valence-corrected chi connectivity index (χ2v) is 9.20. The number of halogens is 1. The van der Waals surface area contributed by atoms with Crippen molar-refractivity contribution in [1.82, 2.24) is 19.7 Å². The zero-order valence-electron chi connectivity index (χ0n) is 20.5. The van der Waals surface area contributed by atoms with Gasteiger partial charge in [-0.1, -0.05) is 39.5 Å². The van der Waals surface area contributed by atoms with Crippen LogP contribution in [0.15, 0.2) is 16.9 Å². The number of carbonyl (C=O) groups is 1. The Morgan fingerprint density at radius 3 is 2.55 bits per heavy atom. The number of aromatic nitrogens is 3. The largest absolute Gasteiger partial charge is 0.490 e. The number of ether oxygens (including phenoxy) is 1. The number of aryl methyl sites for hydroxylation is 1.